The molecule has 21 heavy (non-hydrogen) atoms. The van der Waals surface area contributed by atoms with E-state index >= 15 is 0 Å². The van der Waals surface area contributed by atoms with Gasteiger partial charge in [0, 0.05) is 0 Å². The smallest absolute Gasteiger partial charge is 1.00 e. The van der Waals surface area contributed by atoms with Gasteiger partial charge in [-0.1, -0.05) is 52.4 Å². The van der Waals surface area contributed by atoms with Gasteiger partial charge in [0.25, 0.3) is 0 Å². The van der Waals surface area contributed by atoms with Gasteiger partial charge in [-0.15, -0.1) is 12.8 Å². The third-order valence-corrected chi connectivity index (χ3v) is 3.13. The minimum Gasteiger partial charge on any atom is -1.00 e. The SMILES string of the molecule is CCCCC1=[C-]CC=C1.CCCCC1=[C-]CC=C1.[CH3-].[Cl-].[Zr+4]. The van der Waals surface area contributed by atoms with Crippen LogP contribution in [-0.4, -0.2) is 0 Å². The van der Waals surface area contributed by atoms with Crippen LogP contribution in [-0.2, 0) is 26.2 Å². The Morgan fingerprint density at radius 3 is 1.48 bits per heavy atom. The molecule has 0 heterocycles. The molecule has 0 saturated carbocycles. The van der Waals surface area contributed by atoms with E-state index in [-0.39, 0.29) is 46.0 Å². The topological polar surface area (TPSA) is 0 Å². The van der Waals surface area contributed by atoms with Crippen LogP contribution in [0.2, 0.25) is 0 Å². The quantitative estimate of drug-likeness (QED) is 0.618. The van der Waals surface area contributed by atoms with Crippen molar-refractivity contribution in [2.45, 2.75) is 65.2 Å². The molecule has 0 spiro atoms. The Hall–Kier alpha value is 0.133. The first-order valence-corrected chi connectivity index (χ1v) is 7.39. The van der Waals surface area contributed by atoms with E-state index in [1.54, 1.807) is 0 Å². The van der Waals surface area contributed by atoms with E-state index in [1.807, 2.05) is 0 Å². The number of allylic oxidation sites excluding steroid dienone is 8. The molecule has 0 amide bonds. The fourth-order valence-electron chi connectivity index (χ4n) is 1.98. The van der Waals surface area contributed by atoms with Crippen LogP contribution in [0.25, 0.3) is 0 Å². The van der Waals surface area contributed by atoms with Crippen molar-refractivity contribution >= 4 is 0 Å². The molecule has 0 aromatic heterocycles. The fraction of sp³-hybridized carbons (Fsp3) is 0.526. The van der Waals surface area contributed by atoms with Crippen molar-refractivity contribution in [3.8, 4) is 0 Å². The molecule has 2 aliphatic carbocycles. The second-order valence-corrected chi connectivity index (χ2v) is 4.82. The minimum absolute atomic E-state index is 0. The second-order valence-electron chi connectivity index (χ2n) is 4.82. The normalized spacial score (nSPS) is 14.0. The van der Waals surface area contributed by atoms with E-state index in [0.29, 0.717) is 0 Å². The number of rotatable bonds is 6. The Bertz CT molecular complexity index is 303. The maximum absolute atomic E-state index is 3.30. The third kappa shape index (κ3) is 13.5. The molecule has 0 N–H and O–H groups in total. The van der Waals surface area contributed by atoms with Gasteiger partial charge in [-0.2, -0.15) is 12.2 Å². The summed E-state index contributed by atoms with van der Waals surface area (Å²) >= 11 is 0. The van der Waals surface area contributed by atoms with Crippen LogP contribution < -0.4 is 12.4 Å². The van der Waals surface area contributed by atoms with Gasteiger partial charge in [0.05, 0.1) is 0 Å². The van der Waals surface area contributed by atoms with Crippen LogP contribution in [0.4, 0.5) is 0 Å². The summed E-state index contributed by atoms with van der Waals surface area (Å²) in [5.41, 5.74) is 2.83. The largest absolute Gasteiger partial charge is 4.00 e. The maximum atomic E-state index is 3.30. The zero-order valence-corrected chi connectivity index (χ0v) is 17.1. The van der Waals surface area contributed by atoms with E-state index in [1.165, 1.54) is 49.7 Å². The Morgan fingerprint density at radius 1 is 0.857 bits per heavy atom. The summed E-state index contributed by atoms with van der Waals surface area (Å²) < 4.78 is 0. The van der Waals surface area contributed by atoms with Crippen molar-refractivity contribution < 1.29 is 38.6 Å². The van der Waals surface area contributed by atoms with Crippen LogP contribution >= 0.6 is 0 Å². The summed E-state index contributed by atoms with van der Waals surface area (Å²) in [7, 11) is 0. The first-order valence-electron chi connectivity index (χ1n) is 7.39. The van der Waals surface area contributed by atoms with Crippen molar-refractivity contribution in [3.63, 3.8) is 0 Å². The predicted octanol–water partition coefficient (Wildman–Crippen LogP) is 3.18. The summed E-state index contributed by atoms with van der Waals surface area (Å²) in [6.07, 6.45) is 25.1. The minimum atomic E-state index is 0. The number of unbranched alkanes of at least 4 members (excludes halogenated alkanes) is 2. The summed E-state index contributed by atoms with van der Waals surface area (Å²) in [5, 5.41) is 0. The Balaban J connectivity index is -0.000000270. The van der Waals surface area contributed by atoms with Crippen LogP contribution in [0.15, 0.2) is 35.5 Å². The van der Waals surface area contributed by atoms with Gasteiger partial charge in [-0.05, 0) is 0 Å². The molecular weight excluding hydrogens is 355 g/mol. The molecule has 2 aliphatic rings. The van der Waals surface area contributed by atoms with E-state index in [0.717, 1.165) is 12.8 Å². The van der Waals surface area contributed by atoms with E-state index < -0.39 is 0 Å². The van der Waals surface area contributed by atoms with Crippen LogP contribution in [0.5, 0.6) is 0 Å². The molecule has 0 aromatic rings. The van der Waals surface area contributed by atoms with Gasteiger partial charge >= 0.3 is 26.2 Å². The van der Waals surface area contributed by atoms with Crippen molar-refractivity contribution in [2.75, 3.05) is 0 Å². The van der Waals surface area contributed by atoms with Gasteiger partial charge in [0.2, 0.25) is 0 Å². The van der Waals surface area contributed by atoms with Crippen molar-refractivity contribution in [1.29, 1.82) is 0 Å². The molecule has 2 heteroatoms. The number of halogens is 1. The van der Waals surface area contributed by atoms with Crippen LogP contribution in [0.1, 0.15) is 65.2 Å². The maximum Gasteiger partial charge on any atom is 4.00 e. The van der Waals surface area contributed by atoms with Gasteiger partial charge in [0.15, 0.2) is 0 Å². The zero-order valence-electron chi connectivity index (χ0n) is 13.8. The molecule has 0 unspecified atom stereocenters. The molecule has 0 bridgehead atoms. The first kappa shape index (κ1) is 26.1. The summed E-state index contributed by atoms with van der Waals surface area (Å²) in [6.45, 7) is 4.44. The summed E-state index contributed by atoms with van der Waals surface area (Å²) in [5.74, 6) is 0. The molecule has 0 atom stereocenters. The molecule has 116 valence electrons. The van der Waals surface area contributed by atoms with Gasteiger partial charge in [-0.3, -0.25) is 12.2 Å². The molecular formula is C19H29ClZr. The van der Waals surface area contributed by atoms with Gasteiger partial charge in [0.1, 0.15) is 0 Å². The Labute approximate surface area is 158 Å². The van der Waals surface area contributed by atoms with Gasteiger partial charge < -0.3 is 19.8 Å². The third-order valence-electron chi connectivity index (χ3n) is 3.13. The second kappa shape index (κ2) is 18.2. The molecule has 0 fully saturated rings. The predicted molar refractivity (Wildman–Crippen MR) is 86.5 cm³/mol. The number of hydrogen-bond acceptors (Lipinski definition) is 0. The van der Waals surface area contributed by atoms with Crippen molar-refractivity contribution in [2.24, 2.45) is 0 Å². The van der Waals surface area contributed by atoms with E-state index in [2.05, 4.69) is 50.3 Å². The average molecular weight is 384 g/mol. The first-order chi connectivity index (χ1) is 8.86. The standard InChI is InChI=1S/2C9H13.CH3.ClH.Zr/c2*1-2-3-6-9-7-4-5-8-9;;;/h2*4,7H,2-3,5-6H2,1H3;1H3;1H;/q3*-1;;+4/p-1. The summed E-state index contributed by atoms with van der Waals surface area (Å²) in [6, 6.07) is 0. The zero-order chi connectivity index (χ0) is 13.1. The molecule has 0 radical (unpaired) electrons. The van der Waals surface area contributed by atoms with Gasteiger partial charge in [-0.25, -0.2) is 23.3 Å². The van der Waals surface area contributed by atoms with Crippen molar-refractivity contribution in [3.05, 3.63) is 55.0 Å². The van der Waals surface area contributed by atoms with Crippen LogP contribution in [0.3, 0.4) is 0 Å². The molecule has 0 aromatic carbocycles. The van der Waals surface area contributed by atoms with E-state index in [9.17, 15) is 0 Å². The monoisotopic (exact) mass is 382 g/mol. The molecule has 0 nitrogen and oxygen atoms in total. The van der Waals surface area contributed by atoms with Crippen LogP contribution in [0, 0.1) is 19.6 Å². The molecule has 0 aliphatic heterocycles. The van der Waals surface area contributed by atoms with E-state index in [4.69, 9.17) is 0 Å². The Morgan fingerprint density at radius 2 is 1.24 bits per heavy atom. The molecule has 2 rings (SSSR count). The summed E-state index contributed by atoms with van der Waals surface area (Å²) in [4.78, 5) is 0. The van der Waals surface area contributed by atoms with Crippen molar-refractivity contribution in [1.82, 2.24) is 0 Å². The average Bonchev–Trinajstić information content (AvgIpc) is 3.07. The fourth-order valence-corrected chi connectivity index (χ4v) is 1.98. The molecule has 0 saturated heterocycles. The number of hydrogen-bond donors (Lipinski definition) is 0. The Kier molecular flexibility index (Phi) is 22.6.